The summed E-state index contributed by atoms with van der Waals surface area (Å²) < 4.78 is 10.6. The Morgan fingerprint density at radius 2 is 1.57 bits per heavy atom. The molecule has 1 aromatic rings. The van der Waals surface area contributed by atoms with Gasteiger partial charge in [-0.05, 0) is 36.0 Å². The van der Waals surface area contributed by atoms with Crippen LogP contribution >= 0.6 is 0 Å². The minimum atomic E-state index is -0.223. The number of unbranched alkanes of at least 4 members (excludes halogenated alkanes) is 1. The van der Waals surface area contributed by atoms with Crippen molar-refractivity contribution in [3.8, 4) is 5.75 Å². The quantitative estimate of drug-likeness (QED) is 0.493. The largest absolute Gasteiger partial charge is 0.494 e. The summed E-state index contributed by atoms with van der Waals surface area (Å²) >= 11 is 0. The van der Waals surface area contributed by atoms with Gasteiger partial charge < -0.3 is 9.47 Å². The van der Waals surface area contributed by atoms with E-state index < -0.39 is 0 Å². The third-order valence-corrected chi connectivity index (χ3v) is 2.81. The zero-order valence-corrected chi connectivity index (χ0v) is 16.4. The summed E-state index contributed by atoms with van der Waals surface area (Å²) in [6, 6.07) is 8.20. The second-order valence-corrected chi connectivity index (χ2v) is 5.67. The average Bonchev–Trinajstić information content (AvgIpc) is 2.54. The van der Waals surface area contributed by atoms with E-state index in [9.17, 15) is 4.79 Å². The minimum Gasteiger partial charge on any atom is -0.494 e. The first-order valence-corrected chi connectivity index (χ1v) is 8.76. The standard InChI is InChI=1S/C16H24O3.2C2H6/c1-13(17)18-10-5-6-11-19-15-9-7-8-14(12-15)16(2,3)4;2*1-2/h7-9,12H,5-6,10-11H2,1-4H3;2*1-2H3. The van der Waals surface area contributed by atoms with Gasteiger partial charge in [-0.15, -0.1) is 0 Å². The van der Waals surface area contributed by atoms with Crippen LogP contribution in [0.3, 0.4) is 0 Å². The van der Waals surface area contributed by atoms with Crippen LogP contribution in [-0.2, 0) is 14.9 Å². The van der Waals surface area contributed by atoms with E-state index in [2.05, 4.69) is 32.9 Å². The Bertz CT molecular complexity index is 406. The van der Waals surface area contributed by atoms with Crippen LogP contribution in [0.5, 0.6) is 5.75 Å². The zero-order chi connectivity index (χ0) is 18.3. The van der Waals surface area contributed by atoms with E-state index in [0.29, 0.717) is 13.2 Å². The van der Waals surface area contributed by atoms with Gasteiger partial charge in [0, 0.05) is 6.92 Å². The van der Waals surface area contributed by atoms with Crippen molar-refractivity contribution in [2.45, 2.75) is 73.6 Å². The first-order valence-electron chi connectivity index (χ1n) is 8.76. The van der Waals surface area contributed by atoms with Crippen molar-refractivity contribution in [3.63, 3.8) is 0 Å². The van der Waals surface area contributed by atoms with Gasteiger partial charge in [-0.1, -0.05) is 60.6 Å². The number of ether oxygens (including phenoxy) is 2. The van der Waals surface area contributed by atoms with E-state index in [-0.39, 0.29) is 11.4 Å². The molecule has 1 rings (SSSR count). The van der Waals surface area contributed by atoms with E-state index in [1.807, 2.05) is 39.8 Å². The maximum absolute atomic E-state index is 10.6. The fourth-order valence-electron chi connectivity index (χ4n) is 1.66. The Balaban J connectivity index is 0. The molecule has 3 nitrogen and oxygen atoms in total. The van der Waals surface area contributed by atoms with Gasteiger partial charge in [0.05, 0.1) is 13.2 Å². The highest BCUT2D eigenvalue weighted by atomic mass is 16.5. The fraction of sp³-hybridized carbons (Fsp3) is 0.650. The molecule has 0 aliphatic rings. The Kier molecular flexibility index (Phi) is 14.6. The van der Waals surface area contributed by atoms with Crippen LogP contribution in [0.1, 0.15) is 73.8 Å². The van der Waals surface area contributed by atoms with E-state index in [1.54, 1.807) is 0 Å². The summed E-state index contributed by atoms with van der Waals surface area (Å²) in [5.41, 5.74) is 1.40. The molecule has 0 unspecified atom stereocenters. The van der Waals surface area contributed by atoms with Crippen LogP contribution in [0.4, 0.5) is 0 Å². The molecule has 23 heavy (non-hydrogen) atoms. The maximum Gasteiger partial charge on any atom is 0.302 e. The van der Waals surface area contributed by atoms with Crippen molar-refractivity contribution in [3.05, 3.63) is 29.8 Å². The van der Waals surface area contributed by atoms with Crippen molar-refractivity contribution in [1.29, 1.82) is 0 Å². The number of carbonyl (C=O) groups excluding carboxylic acids is 1. The Labute approximate surface area is 143 Å². The van der Waals surface area contributed by atoms with Crippen molar-refractivity contribution in [1.82, 2.24) is 0 Å². The van der Waals surface area contributed by atoms with E-state index in [1.165, 1.54) is 12.5 Å². The summed E-state index contributed by atoms with van der Waals surface area (Å²) in [5.74, 6) is 0.679. The fourth-order valence-corrected chi connectivity index (χ4v) is 1.66. The third-order valence-electron chi connectivity index (χ3n) is 2.81. The van der Waals surface area contributed by atoms with Gasteiger partial charge in [-0.2, -0.15) is 0 Å². The predicted molar refractivity (Wildman–Crippen MR) is 99.2 cm³/mol. The molecule has 134 valence electrons. The van der Waals surface area contributed by atoms with Crippen molar-refractivity contribution >= 4 is 5.97 Å². The Hall–Kier alpha value is -1.51. The summed E-state index contributed by atoms with van der Waals surface area (Å²) in [5, 5.41) is 0. The van der Waals surface area contributed by atoms with Crippen LogP contribution in [0.25, 0.3) is 0 Å². The summed E-state index contributed by atoms with van der Waals surface area (Å²) in [7, 11) is 0. The van der Waals surface area contributed by atoms with Crippen molar-refractivity contribution in [2.75, 3.05) is 13.2 Å². The van der Waals surface area contributed by atoms with Crippen molar-refractivity contribution in [2.24, 2.45) is 0 Å². The number of benzene rings is 1. The number of hydrogen-bond acceptors (Lipinski definition) is 3. The molecular weight excluding hydrogens is 288 g/mol. The van der Waals surface area contributed by atoms with Gasteiger partial charge in [0.15, 0.2) is 0 Å². The van der Waals surface area contributed by atoms with Crippen LogP contribution in [0, 0.1) is 0 Å². The van der Waals surface area contributed by atoms with Gasteiger partial charge in [0.2, 0.25) is 0 Å². The monoisotopic (exact) mass is 324 g/mol. The lowest BCUT2D eigenvalue weighted by Gasteiger charge is -2.19. The maximum atomic E-state index is 10.6. The SMILES string of the molecule is CC.CC.CC(=O)OCCCCOc1cccc(C(C)(C)C)c1. The lowest BCUT2D eigenvalue weighted by Crippen LogP contribution is -2.11. The van der Waals surface area contributed by atoms with E-state index >= 15 is 0 Å². The Morgan fingerprint density at radius 1 is 1.00 bits per heavy atom. The lowest BCUT2D eigenvalue weighted by molar-refractivity contribution is -0.141. The molecule has 0 fully saturated rings. The highest BCUT2D eigenvalue weighted by Gasteiger charge is 2.13. The molecule has 0 atom stereocenters. The molecule has 1 aromatic carbocycles. The second kappa shape index (κ2) is 14.1. The van der Waals surface area contributed by atoms with Crippen LogP contribution in [0.2, 0.25) is 0 Å². The highest BCUT2D eigenvalue weighted by molar-refractivity contribution is 5.65. The second-order valence-electron chi connectivity index (χ2n) is 5.67. The predicted octanol–water partition coefficient (Wildman–Crippen LogP) is 5.76. The molecule has 0 saturated carbocycles. The molecular formula is C20H36O3. The molecule has 0 aromatic heterocycles. The highest BCUT2D eigenvalue weighted by Crippen LogP contribution is 2.25. The van der Waals surface area contributed by atoms with Crippen LogP contribution < -0.4 is 4.74 Å². The minimum absolute atomic E-state index is 0.134. The molecule has 0 N–H and O–H groups in total. The van der Waals surface area contributed by atoms with Gasteiger partial charge in [0.1, 0.15) is 5.75 Å². The molecule has 0 heterocycles. The molecule has 0 aliphatic carbocycles. The van der Waals surface area contributed by atoms with Gasteiger partial charge in [0.25, 0.3) is 0 Å². The number of esters is 1. The molecule has 0 bridgehead atoms. The van der Waals surface area contributed by atoms with Crippen LogP contribution in [-0.4, -0.2) is 19.2 Å². The number of rotatable bonds is 6. The number of hydrogen-bond donors (Lipinski definition) is 0. The average molecular weight is 325 g/mol. The molecule has 0 aliphatic heterocycles. The van der Waals surface area contributed by atoms with Crippen LogP contribution in [0.15, 0.2) is 24.3 Å². The summed E-state index contributed by atoms with van der Waals surface area (Å²) in [6.07, 6.45) is 1.71. The molecule has 0 amide bonds. The molecule has 0 saturated heterocycles. The van der Waals surface area contributed by atoms with Crippen molar-refractivity contribution < 1.29 is 14.3 Å². The lowest BCUT2D eigenvalue weighted by atomic mass is 9.87. The summed E-state index contributed by atoms with van der Waals surface area (Å²) in [4.78, 5) is 10.6. The van der Waals surface area contributed by atoms with Gasteiger partial charge in [-0.25, -0.2) is 0 Å². The van der Waals surface area contributed by atoms with E-state index in [0.717, 1.165) is 18.6 Å². The molecule has 0 radical (unpaired) electrons. The third kappa shape index (κ3) is 12.7. The molecule has 0 spiro atoms. The number of carbonyl (C=O) groups is 1. The Morgan fingerprint density at radius 3 is 2.09 bits per heavy atom. The van der Waals surface area contributed by atoms with Gasteiger partial charge in [-0.3, -0.25) is 4.79 Å². The normalized spacial score (nSPS) is 9.74. The zero-order valence-electron chi connectivity index (χ0n) is 16.4. The van der Waals surface area contributed by atoms with Gasteiger partial charge >= 0.3 is 5.97 Å². The first kappa shape index (κ1) is 23.8. The summed E-state index contributed by atoms with van der Waals surface area (Å²) in [6.45, 7) is 17.1. The first-order chi connectivity index (χ1) is 10.9. The topological polar surface area (TPSA) is 35.5 Å². The molecule has 3 heteroatoms. The smallest absolute Gasteiger partial charge is 0.302 e. The van der Waals surface area contributed by atoms with E-state index in [4.69, 9.17) is 9.47 Å².